The minimum absolute atomic E-state index is 0.00864. The van der Waals surface area contributed by atoms with Crippen LogP contribution in [0.2, 0.25) is 0 Å². The molecule has 0 fully saturated rings. The molecule has 2 N–H and O–H groups in total. The van der Waals surface area contributed by atoms with Crippen molar-refractivity contribution >= 4 is 34.7 Å². The Balaban J connectivity index is 1.98. The molecule has 1 aliphatic rings. The molecule has 0 saturated carbocycles. The maximum absolute atomic E-state index is 13.2. The van der Waals surface area contributed by atoms with E-state index in [2.05, 4.69) is 31.4 Å². The molecule has 2 aromatic carbocycles. The summed E-state index contributed by atoms with van der Waals surface area (Å²) in [5.74, 6) is -0.961. The first-order valence-corrected chi connectivity index (χ1v) is 10.5. The molecule has 1 aliphatic heterocycles. The number of amides is 3. The molecule has 0 atom stereocenters. The molecule has 32 heavy (non-hydrogen) atoms. The van der Waals surface area contributed by atoms with E-state index in [-0.39, 0.29) is 36.1 Å². The van der Waals surface area contributed by atoms with Crippen LogP contribution in [0, 0.1) is 0 Å². The molecule has 0 aliphatic carbocycles. The molecule has 0 spiro atoms. The fourth-order valence-corrected chi connectivity index (χ4v) is 3.47. The number of ether oxygens (including phenoxy) is 1. The van der Waals surface area contributed by atoms with Gasteiger partial charge in [-0.2, -0.15) is 0 Å². The summed E-state index contributed by atoms with van der Waals surface area (Å²) >= 11 is 0. The Kier molecular flexibility index (Phi) is 6.79. The van der Waals surface area contributed by atoms with Crippen molar-refractivity contribution in [2.45, 2.75) is 33.1 Å². The fraction of sp³-hybridized carbons (Fsp3) is 0.320. The van der Waals surface area contributed by atoms with Crippen molar-refractivity contribution in [2.24, 2.45) is 0 Å². The molecule has 0 radical (unpaired) electrons. The quantitative estimate of drug-likeness (QED) is 0.647. The van der Waals surface area contributed by atoms with Gasteiger partial charge in [0.15, 0.2) is 0 Å². The molecule has 3 rings (SSSR count). The molecule has 7 nitrogen and oxygen atoms in total. The van der Waals surface area contributed by atoms with Crippen LogP contribution in [-0.4, -0.2) is 42.9 Å². The number of hydrogen-bond acceptors (Lipinski definition) is 5. The van der Waals surface area contributed by atoms with Crippen LogP contribution in [0.15, 0.2) is 54.2 Å². The Labute approximate surface area is 188 Å². The van der Waals surface area contributed by atoms with E-state index in [9.17, 15) is 14.4 Å². The number of anilines is 2. The molecule has 7 heteroatoms. The normalized spacial score (nSPS) is 14.2. The molecule has 0 unspecified atom stereocenters. The lowest BCUT2D eigenvalue weighted by molar-refractivity contribution is -0.137. The van der Waals surface area contributed by atoms with Gasteiger partial charge in [0.1, 0.15) is 5.70 Å². The van der Waals surface area contributed by atoms with Gasteiger partial charge in [0.05, 0.1) is 18.7 Å². The van der Waals surface area contributed by atoms with Crippen LogP contribution in [0.3, 0.4) is 0 Å². The highest BCUT2D eigenvalue weighted by molar-refractivity contribution is 6.36. The Bertz CT molecular complexity index is 1050. The van der Waals surface area contributed by atoms with Crippen LogP contribution in [0.1, 0.15) is 38.8 Å². The van der Waals surface area contributed by atoms with Crippen molar-refractivity contribution < 1.29 is 19.1 Å². The third kappa shape index (κ3) is 5.06. The summed E-state index contributed by atoms with van der Waals surface area (Å²) in [6, 6.07) is 14.7. The lowest BCUT2D eigenvalue weighted by atomic mass is 9.87. The van der Waals surface area contributed by atoms with Gasteiger partial charge in [0.25, 0.3) is 11.8 Å². The van der Waals surface area contributed by atoms with Gasteiger partial charge in [-0.1, -0.05) is 45.0 Å². The highest BCUT2D eigenvalue weighted by Gasteiger charge is 2.39. The van der Waals surface area contributed by atoms with Crippen molar-refractivity contribution in [3.05, 3.63) is 65.4 Å². The number of rotatable bonds is 7. The zero-order valence-corrected chi connectivity index (χ0v) is 19.1. The molecule has 168 valence electrons. The van der Waals surface area contributed by atoms with Crippen molar-refractivity contribution in [3.8, 4) is 0 Å². The highest BCUT2D eigenvalue weighted by atomic mass is 16.5. The summed E-state index contributed by atoms with van der Waals surface area (Å²) in [6.45, 7) is 8.24. The number of carbonyl (C=O) groups excluding carboxylic acids is 3. The molecular formula is C25H29N3O4. The summed E-state index contributed by atoms with van der Waals surface area (Å²) in [6.07, 6.45) is 0. The number of methoxy groups -OCH3 is 1. The van der Waals surface area contributed by atoms with E-state index in [0.717, 1.165) is 5.69 Å². The first-order chi connectivity index (χ1) is 15.1. The van der Waals surface area contributed by atoms with Crippen LogP contribution >= 0.6 is 0 Å². The van der Waals surface area contributed by atoms with E-state index in [1.165, 1.54) is 24.5 Å². The SMILES string of the molecule is COCCN1C(=O)C(Nc2ccc(C(C)(C)C)cc2)=C(c2ccc(NC(C)=O)cc2)C1=O. The number of imide groups is 1. The molecule has 0 bridgehead atoms. The number of nitrogens with one attached hydrogen (secondary N) is 2. The third-order valence-electron chi connectivity index (χ3n) is 5.20. The molecule has 2 aromatic rings. The molecule has 1 heterocycles. The number of carbonyl (C=O) groups is 3. The number of hydrogen-bond donors (Lipinski definition) is 2. The zero-order valence-electron chi connectivity index (χ0n) is 19.1. The predicted molar refractivity (Wildman–Crippen MR) is 125 cm³/mol. The van der Waals surface area contributed by atoms with E-state index < -0.39 is 5.91 Å². The Morgan fingerprint density at radius 1 is 0.938 bits per heavy atom. The first-order valence-electron chi connectivity index (χ1n) is 10.5. The Hall–Kier alpha value is -3.45. The van der Waals surface area contributed by atoms with Crippen LogP contribution in [0.5, 0.6) is 0 Å². The van der Waals surface area contributed by atoms with Gasteiger partial charge >= 0.3 is 0 Å². The summed E-state index contributed by atoms with van der Waals surface area (Å²) in [4.78, 5) is 38.7. The van der Waals surface area contributed by atoms with Gasteiger partial charge < -0.3 is 15.4 Å². The predicted octanol–water partition coefficient (Wildman–Crippen LogP) is 3.78. The second-order valence-electron chi connectivity index (χ2n) is 8.72. The smallest absolute Gasteiger partial charge is 0.278 e. The standard InChI is InChI=1S/C25H29N3O4/c1-16(29)26-19-10-6-17(7-11-19)21-22(24(31)28(23(21)30)14-15-32-5)27-20-12-8-18(9-13-20)25(2,3)4/h6-13,27H,14-15H2,1-5H3,(H,26,29). The summed E-state index contributed by atoms with van der Waals surface area (Å²) in [7, 11) is 1.52. The van der Waals surface area contributed by atoms with E-state index in [0.29, 0.717) is 16.8 Å². The summed E-state index contributed by atoms with van der Waals surface area (Å²) in [5, 5.41) is 5.86. The lowest BCUT2D eigenvalue weighted by Gasteiger charge is -2.19. The monoisotopic (exact) mass is 435 g/mol. The van der Waals surface area contributed by atoms with Crippen molar-refractivity contribution in [3.63, 3.8) is 0 Å². The van der Waals surface area contributed by atoms with Gasteiger partial charge in [-0.05, 0) is 40.8 Å². The summed E-state index contributed by atoms with van der Waals surface area (Å²) in [5.41, 5.74) is 3.61. The summed E-state index contributed by atoms with van der Waals surface area (Å²) < 4.78 is 5.07. The van der Waals surface area contributed by atoms with Crippen LogP contribution in [0.25, 0.3) is 5.57 Å². The second-order valence-corrected chi connectivity index (χ2v) is 8.72. The van der Waals surface area contributed by atoms with Crippen molar-refractivity contribution in [1.82, 2.24) is 4.90 Å². The van der Waals surface area contributed by atoms with Gasteiger partial charge in [0, 0.05) is 25.4 Å². The Morgan fingerprint density at radius 2 is 1.53 bits per heavy atom. The van der Waals surface area contributed by atoms with Gasteiger partial charge in [0.2, 0.25) is 5.91 Å². The van der Waals surface area contributed by atoms with Crippen LogP contribution in [-0.2, 0) is 24.5 Å². The number of nitrogens with zero attached hydrogens (tertiary/aromatic N) is 1. The highest BCUT2D eigenvalue weighted by Crippen LogP contribution is 2.32. The van der Waals surface area contributed by atoms with Crippen molar-refractivity contribution in [1.29, 1.82) is 0 Å². The zero-order chi connectivity index (χ0) is 23.5. The first kappa shape index (κ1) is 23.2. The van der Waals surface area contributed by atoms with Crippen LogP contribution < -0.4 is 10.6 Å². The van der Waals surface area contributed by atoms with Gasteiger partial charge in [-0.3, -0.25) is 19.3 Å². The molecule has 3 amide bonds. The average Bonchev–Trinajstić information content (AvgIpc) is 2.96. The largest absolute Gasteiger partial charge is 0.383 e. The lowest BCUT2D eigenvalue weighted by Crippen LogP contribution is -2.35. The van der Waals surface area contributed by atoms with E-state index >= 15 is 0 Å². The van der Waals surface area contributed by atoms with Crippen molar-refractivity contribution in [2.75, 3.05) is 30.9 Å². The minimum Gasteiger partial charge on any atom is -0.383 e. The van der Waals surface area contributed by atoms with E-state index in [4.69, 9.17) is 4.74 Å². The topological polar surface area (TPSA) is 87.7 Å². The molecule has 0 aromatic heterocycles. The second kappa shape index (κ2) is 9.36. The Morgan fingerprint density at radius 3 is 2.06 bits per heavy atom. The fourth-order valence-electron chi connectivity index (χ4n) is 3.47. The minimum atomic E-state index is -0.395. The third-order valence-corrected chi connectivity index (χ3v) is 5.20. The van der Waals surface area contributed by atoms with Gasteiger partial charge in [-0.25, -0.2) is 0 Å². The maximum Gasteiger partial charge on any atom is 0.278 e. The van der Waals surface area contributed by atoms with E-state index in [1.807, 2.05) is 24.3 Å². The molecular weight excluding hydrogens is 406 g/mol. The molecule has 0 saturated heterocycles. The number of benzene rings is 2. The van der Waals surface area contributed by atoms with E-state index in [1.54, 1.807) is 24.3 Å². The average molecular weight is 436 g/mol. The van der Waals surface area contributed by atoms with Gasteiger partial charge in [-0.15, -0.1) is 0 Å². The maximum atomic E-state index is 13.2. The van der Waals surface area contributed by atoms with Crippen LogP contribution in [0.4, 0.5) is 11.4 Å².